The fraction of sp³-hybridized carbons (Fsp3) is 0.176. The number of ether oxygens (including phenoxy) is 2. The summed E-state index contributed by atoms with van der Waals surface area (Å²) in [7, 11) is 1.30. The first kappa shape index (κ1) is 18.0. The monoisotopic (exact) mass is 370 g/mol. The van der Waals surface area contributed by atoms with Gasteiger partial charge in [0.25, 0.3) is 5.89 Å². The summed E-state index contributed by atoms with van der Waals surface area (Å²) in [6, 6.07) is 7.27. The Hall–Kier alpha value is -3.82. The van der Waals surface area contributed by atoms with Crippen LogP contribution in [0.4, 0.5) is 5.69 Å². The predicted octanol–water partition coefficient (Wildman–Crippen LogP) is 2.97. The first-order chi connectivity index (χ1) is 13.0. The number of hydrogen-bond acceptors (Lipinski definition) is 9. The van der Waals surface area contributed by atoms with Crippen LogP contribution < -0.4 is 4.74 Å². The lowest BCUT2D eigenvalue weighted by atomic mass is 10.2. The highest BCUT2D eigenvalue weighted by molar-refractivity contribution is 5.90. The van der Waals surface area contributed by atoms with Gasteiger partial charge in [-0.3, -0.25) is 15.1 Å². The van der Waals surface area contributed by atoms with Gasteiger partial charge in [0, 0.05) is 24.0 Å². The van der Waals surface area contributed by atoms with Crippen molar-refractivity contribution in [3.8, 4) is 17.1 Å². The Balaban J connectivity index is 1.75. The third kappa shape index (κ3) is 3.89. The van der Waals surface area contributed by atoms with E-state index in [0.29, 0.717) is 11.4 Å². The Morgan fingerprint density at radius 2 is 2.15 bits per heavy atom. The molecule has 0 N–H and O–H groups in total. The Kier molecular flexibility index (Phi) is 5.06. The SMILES string of the molecule is COc1ccc(C(=O)OC(C)c2nc(-c3cccnc3)no2)cc1[N+](=O)[O-]. The predicted molar refractivity (Wildman–Crippen MR) is 91.0 cm³/mol. The number of nitro benzene ring substituents is 1. The van der Waals surface area contributed by atoms with Crippen molar-refractivity contribution in [3.05, 3.63) is 64.3 Å². The smallest absolute Gasteiger partial charge is 0.339 e. The number of aromatic nitrogens is 3. The van der Waals surface area contributed by atoms with E-state index >= 15 is 0 Å². The van der Waals surface area contributed by atoms with E-state index in [1.807, 2.05) is 0 Å². The lowest BCUT2D eigenvalue weighted by Gasteiger charge is -2.09. The molecule has 0 fully saturated rings. The number of hydrogen-bond donors (Lipinski definition) is 0. The lowest BCUT2D eigenvalue weighted by Crippen LogP contribution is -2.10. The van der Waals surface area contributed by atoms with Crippen LogP contribution in [0.15, 0.2) is 47.2 Å². The van der Waals surface area contributed by atoms with Crippen molar-refractivity contribution in [1.29, 1.82) is 0 Å². The Morgan fingerprint density at radius 1 is 1.33 bits per heavy atom. The minimum Gasteiger partial charge on any atom is -0.490 e. The largest absolute Gasteiger partial charge is 0.490 e. The van der Waals surface area contributed by atoms with Gasteiger partial charge in [-0.25, -0.2) is 4.79 Å². The van der Waals surface area contributed by atoms with Crippen molar-refractivity contribution in [2.75, 3.05) is 7.11 Å². The van der Waals surface area contributed by atoms with Gasteiger partial charge in [-0.15, -0.1) is 0 Å². The minimum absolute atomic E-state index is 0.00125. The minimum atomic E-state index is -0.850. The van der Waals surface area contributed by atoms with Crippen LogP contribution >= 0.6 is 0 Å². The molecule has 0 aliphatic heterocycles. The summed E-state index contributed by atoms with van der Waals surface area (Å²) in [6.45, 7) is 1.55. The van der Waals surface area contributed by atoms with Crippen molar-refractivity contribution >= 4 is 11.7 Å². The molecule has 138 valence electrons. The maximum absolute atomic E-state index is 12.3. The number of nitrogens with zero attached hydrogens (tertiary/aromatic N) is 4. The van der Waals surface area contributed by atoms with Crippen LogP contribution in [0.3, 0.4) is 0 Å². The molecule has 2 aromatic heterocycles. The molecule has 10 heteroatoms. The summed E-state index contributed by atoms with van der Waals surface area (Å²) in [5.41, 5.74) is 0.314. The lowest BCUT2D eigenvalue weighted by molar-refractivity contribution is -0.385. The zero-order chi connectivity index (χ0) is 19.4. The summed E-state index contributed by atoms with van der Waals surface area (Å²) in [4.78, 5) is 30.9. The topological polar surface area (TPSA) is 130 Å². The van der Waals surface area contributed by atoms with Crippen LogP contribution in [-0.4, -0.2) is 33.1 Å². The Labute approximate surface area is 152 Å². The molecule has 1 atom stereocenters. The normalized spacial score (nSPS) is 11.6. The second-order valence-corrected chi connectivity index (χ2v) is 5.39. The summed E-state index contributed by atoms with van der Waals surface area (Å²) < 4.78 is 15.3. The van der Waals surface area contributed by atoms with Crippen molar-refractivity contribution in [2.45, 2.75) is 13.0 Å². The molecular weight excluding hydrogens is 356 g/mol. The van der Waals surface area contributed by atoms with Crippen LogP contribution in [-0.2, 0) is 4.74 Å². The van der Waals surface area contributed by atoms with Gasteiger partial charge >= 0.3 is 11.7 Å². The number of pyridine rings is 1. The Morgan fingerprint density at radius 3 is 2.81 bits per heavy atom. The molecule has 0 saturated heterocycles. The van der Waals surface area contributed by atoms with Gasteiger partial charge in [-0.05, 0) is 31.2 Å². The van der Waals surface area contributed by atoms with E-state index in [1.165, 1.54) is 19.2 Å². The zero-order valence-electron chi connectivity index (χ0n) is 14.4. The van der Waals surface area contributed by atoms with Crippen molar-refractivity contribution in [3.63, 3.8) is 0 Å². The third-order valence-corrected chi connectivity index (χ3v) is 3.60. The fourth-order valence-electron chi connectivity index (χ4n) is 2.25. The van der Waals surface area contributed by atoms with Crippen LogP contribution in [0, 0.1) is 10.1 Å². The van der Waals surface area contributed by atoms with E-state index in [2.05, 4.69) is 15.1 Å². The average Bonchev–Trinajstić information content (AvgIpc) is 3.18. The molecule has 1 unspecified atom stereocenters. The molecule has 1 aromatic carbocycles. The van der Waals surface area contributed by atoms with Crippen molar-refractivity contribution < 1.29 is 23.7 Å². The van der Waals surface area contributed by atoms with Gasteiger partial charge < -0.3 is 14.0 Å². The molecule has 0 radical (unpaired) electrons. The highest BCUT2D eigenvalue weighted by Gasteiger charge is 2.23. The maximum Gasteiger partial charge on any atom is 0.339 e. The van der Waals surface area contributed by atoms with Crippen LogP contribution in [0.2, 0.25) is 0 Å². The van der Waals surface area contributed by atoms with E-state index in [1.54, 1.807) is 31.5 Å². The molecule has 0 aliphatic carbocycles. The molecule has 0 saturated carbocycles. The highest BCUT2D eigenvalue weighted by atomic mass is 16.6. The van der Waals surface area contributed by atoms with Gasteiger partial charge in [0.1, 0.15) is 0 Å². The molecular formula is C17H14N4O6. The first-order valence-electron chi connectivity index (χ1n) is 7.77. The third-order valence-electron chi connectivity index (χ3n) is 3.60. The van der Waals surface area contributed by atoms with Crippen LogP contribution in [0.1, 0.15) is 29.3 Å². The molecule has 10 nitrogen and oxygen atoms in total. The zero-order valence-corrected chi connectivity index (χ0v) is 14.4. The summed E-state index contributed by atoms with van der Waals surface area (Å²) in [5, 5.41) is 14.9. The molecule has 0 bridgehead atoms. The number of carbonyl (C=O) groups excluding carboxylic acids is 1. The second kappa shape index (κ2) is 7.60. The number of carbonyl (C=O) groups is 1. The average molecular weight is 370 g/mol. The maximum atomic E-state index is 12.3. The van der Waals surface area contributed by atoms with E-state index in [9.17, 15) is 14.9 Å². The second-order valence-electron chi connectivity index (χ2n) is 5.39. The molecule has 0 spiro atoms. The molecule has 0 amide bonds. The van der Waals surface area contributed by atoms with E-state index in [0.717, 1.165) is 6.07 Å². The number of esters is 1. The first-order valence-corrected chi connectivity index (χ1v) is 7.77. The van der Waals surface area contributed by atoms with Gasteiger partial charge in [0.2, 0.25) is 5.82 Å². The van der Waals surface area contributed by atoms with Crippen molar-refractivity contribution in [1.82, 2.24) is 15.1 Å². The molecule has 2 heterocycles. The molecule has 3 aromatic rings. The molecule has 3 rings (SSSR count). The van der Waals surface area contributed by atoms with Crippen LogP contribution in [0.5, 0.6) is 5.75 Å². The van der Waals surface area contributed by atoms with E-state index < -0.39 is 17.0 Å². The fourth-order valence-corrected chi connectivity index (χ4v) is 2.25. The molecule has 0 aliphatic rings. The van der Waals surface area contributed by atoms with Crippen molar-refractivity contribution in [2.24, 2.45) is 0 Å². The quantitative estimate of drug-likeness (QED) is 0.365. The summed E-state index contributed by atoms with van der Waals surface area (Å²) >= 11 is 0. The van der Waals surface area contributed by atoms with Crippen LogP contribution in [0.25, 0.3) is 11.4 Å². The summed E-state index contributed by atoms with van der Waals surface area (Å²) in [5.74, 6) is -0.330. The van der Waals surface area contributed by atoms with Gasteiger partial charge in [0.05, 0.1) is 17.6 Å². The molecule has 27 heavy (non-hydrogen) atoms. The standard InChI is InChI=1S/C17H14N4O6/c1-10(16-19-15(20-27-16)12-4-3-7-18-9-12)26-17(22)11-5-6-14(25-2)13(8-11)21(23)24/h3-10H,1-2H3. The number of rotatable bonds is 6. The van der Waals surface area contributed by atoms with E-state index in [-0.39, 0.29) is 22.9 Å². The number of benzene rings is 1. The van der Waals surface area contributed by atoms with Gasteiger partial charge in [-0.1, -0.05) is 5.16 Å². The van der Waals surface area contributed by atoms with Gasteiger partial charge in [0.15, 0.2) is 11.9 Å². The van der Waals surface area contributed by atoms with Gasteiger partial charge in [-0.2, -0.15) is 4.98 Å². The summed E-state index contributed by atoms with van der Waals surface area (Å²) in [6.07, 6.45) is 2.33. The number of nitro groups is 1. The van der Waals surface area contributed by atoms with E-state index in [4.69, 9.17) is 14.0 Å². The Bertz CT molecular complexity index is 973. The highest BCUT2D eigenvalue weighted by Crippen LogP contribution is 2.28. The number of methoxy groups -OCH3 is 1.